The van der Waals surface area contributed by atoms with Crippen molar-refractivity contribution in [2.24, 2.45) is 0 Å². The highest BCUT2D eigenvalue weighted by atomic mass is 19.1. The fourth-order valence-electron chi connectivity index (χ4n) is 1.49. The van der Waals surface area contributed by atoms with E-state index in [2.05, 4.69) is 10.6 Å². The van der Waals surface area contributed by atoms with Crippen molar-refractivity contribution in [2.75, 3.05) is 11.9 Å². The van der Waals surface area contributed by atoms with Gasteiger partial charge in [-0.15, -0.1) is 0 Å². The zero-order chi connectivity index (χ0) is 14.1. The average molecular weight is 268 g/mol. The average Bonchev–Trinajstić information content (AvgIpc) is 2.36. The zero-order valence-corrected chi connectivity index (χ0v) is 10.5. The van der Waals surface area contributed by atoms with Gasteiger partial charge < -0.3 is 15.7 Å². The van der Waals surface area contributed by atoms with Gasteiger partial charge >= 0.3 is 12.0 Å². The zero-order valence-electron chi connectivity index (χ0n) is 10.5. The summed E-state index contributed by atoms with van der Waals surface area (Å²) in [6.07, 6.45) is 2.24. The first-order valence-corrected chi connectivity index (χ1v) is 6.10. The molecule has 0 radical (unpaired) electrons. The van der Waals surface area contributed by atoms with Crippen LogP contribution in [0, 0.1) is 5.82 Å². The van der Waals surface area contributed by atoms with Gasteiger partial charge in [-0.3, -0.25) is 4.79 Å². The number of carboxylic acid groups (broad SMARTS) is 1. The van der Waals surface area contributed by atoms with Crippen molar-refractivity contribution in [1.82, 2.24) is 5.32 Å². The van der Waals surface area contributed by atoms with E-state index in [1.165, 1.54) is 24.3 Å². The molecule has 0 spiro atoms. The molecule has 0 atom stereocenters. The lowest BCUT2D eigenvalue weighted by Crippen LogP contribution is -2.29. The Morgan fingerprint density at radius 3 is 2.42 bits per heavy atom. The fraction of sp³-hybridized carbons (Fsp3) is 0.385. The van der Waals surface area contributed by atoms with Gasteiger partial charge in [-0.25, -0.2) is 9.18 Å². The third-order valence-corrected chi connectivity index (χ3v) is 2.46. The summed E-state index contributed by atoms with van der Waals surface area (Å²) in [4.78, 5) is 21.7. The predicted octanol–water partition coefficient (Wildman–Crippen LogP) is 2.59. The van der Waals surface area contributed by atoms with Crippen LogP contribution < -0.4 is 10.6 Å². The summed E-state index contributed by atoms with van der Waals surface area (Å²) >= 11 is 0. The number of amides is 2. The number of hydrogen-bond donors (Lipinski definition) is 3. The van der Waals surface area contributed by atoms with Crippen molar-refractivity contribution >= 4 is 17.7 Å². The Morgan fingerprint density at radius 2 is 1.79 bits per heavy atom. The first-order valence-electron chi connectivity index (χ1n) is 6.10. The normalized spacial score (nSPS) is 9.95. The molecule has 0 aromatic heterocycles. The monoisotopic (exact) mass is 268 g/mol. The SMILES string of the molecule is O=C(O)CCCCCNC(=O)Nc1ccc(F)cc1. The van der Waals surface area contributed by atoms with Gasteiger partial charge in [-0.2, -0.15) is 0 Å². The third kappa shape index (κ3) is 7.03. The molecule has 1 aromatic rings. The molecule has 3 N–H and O–H groups in total. The molecule has 2 amide bonds. The number of anilines is 1. The van der Waals surface area contributed by atoms with Gasteiger partial charge in [-0.05, 0) is 37.1 Å². The number of carboxylic acids is 1. The summed E-state index contributed by atoms with van der Waals surface area (Å²) in [6.45, 7) is 0.479. The summed E-state index contributed by atoms with van der Waals surface area (Å²) in [6, 6.07) is 5.12. The minimum Gasteiger partial charge on any atom is -0.481 e. The van der Waals surface area contributed by atoms with Crippen LogP contribution >= 0.6 is 0 Å². The second kappa shape index (κ2) is 8.07. The van der Waals surface area contributed by atoms with Crippen LogP contribution in [0.2, 0.25) is 0 Å². The summed E-state index contributed by atoms with van der Waals surface area (Å²) in [5.74, 6) is -1.16. The Labute approximate surface area is 110 Å². The molecular weight excluding hydrogens is 251 g/mol. The standard InChI is InChI=1S/C13H17FN2O3/c14-10-5-7-11(8-6-10)16-13(19)15-9-3-1-2-4-12(17)18/h5-8H,1-4,9H2,(H,17,18)(H2,15,16,19). The molecule has 1 aromatic carbocycles. The smallest absolute Gasteiger partial charge is 0.319 e. The molecule has 0 saturated carbocycles. The molecule has 0 bridgehead atoms. The Bertz CT molecular complexity index is 420. The lowest BCUT2D eigenvalue weighted by molar-refractivity contribution is -0.137. The highest BCUT2D eigenvalue weighted by Crippen LogP contribution is 2.07. The van der Waals surface area contributed by atoms with E-state index in [9.17, 15) is 14.0 Å². The van der Waals surface area contributed by atoms with Gasteiger partial charge in [0.25, 0.3) is 0 Å². The number of urea groups is 1. The van der Waals surface area contributed by atoms with Crippen LogP contribution in [-0.4, -0.2) is 23.7 Å². The molecule has 0 unspecified atom stereocenters. The van der Waals surface area contributed by atoms with Crippen molar-refractivity contribution in [3.05, 3.63) is 30.1 Å². The molecule has 0 saturated heterocycles. The topological polar surface area (TPSA) is 78.4 Å². The molecule has 6 heteroatoms. The first-order chi connectivity index (χ1) is 9.08. The van der Waals surface area contributed by atoms with E-state index in [0.717, 1.165) is 12.8 Å². The number of carbonyl (C=O) groups is 2. The van der Waals surface area contributed by atoms with E-state index >= 15 is 0 Å². The molecular formula is C13H17FN2O3. The molecule has 0 aliphatic heterocycles. The van der Waals surface area contributed by atoms with Crippen molar-refractivity contribution in [1.29, 1.82) is 0 Å². The van der Waals surface area contributed by atoms with Gasteiger partial charge in [-0.1, -0.05) is 6.42 Å². The molecule has 19 heavy (non-hydrogen) atoms. The van der Waals surface area contributed by atoms with Gasteiger partial charge in [0.05, 0.1) is 0 Å². The molecule has 1 rings (SSSR count). The van der Waals surface area contributed by atoms with Crippen molar-refractivity contribution < 1.29 is 19.1 Å². The Balaban J connectivity index is 2.11. The Morgan fingerprint density at radius 1 is 1.11 bits per heavy atom. The number of nitrogens with one attached hydrogen (secondary N) is 2. The summed E-state index contributed by atoms with van der Waals surface area (Å²) in [7, 11) is 0. The quantitative estimate of drug-likeness (QED) is 0.665. The number of aliphatic carboxylic acids is 1. The minimum absolute atomic E-state index is 0.155. The second-order valence-corrected chi connectivity index (χ2v) is 4.09. The first kappa shape index (κ1) is 14.9. The lowest BCUT2D eigenvalue weighted by atomic mass is 10.2. The molecule has 0 fully saturated rings. The summed E-state index contributed by atoms with van der Waals surface area (Å²) in [5, 5.41) is 13.6. The molecule has 0 heterocycles. The van der Waals surface area contributed by atoms with Crippen LogP contribution in [0.15, 0.2) is 24.3 Å². The van der Waals surface area contributed by atoms with E-state index in [0.29, 0.717) is 18.7 Å². The Kier molecular flexibility index (Phi) is 6.35. The third-order valence-electron chi connectivity index (χ3n) is 2.46. The van der Waals surface area contributed by atoms with E-state index in [1.807, 2.05) is 0 Å². The lowest BCUT2D eigenvalue weighted by Gasteiger charge is -2.07. The van der Waals surface area contributed by atoms with Crippen LogP contribution in [0.25, 0.3) is 0 Å². The highest BCUT2D eigenvalue weighted by Gasteiger charge is 2.01. The number of halogens is 1. The number of unbranched alkanes of at least 4 members (excludes halogenated alkanes) is 2. The predicted molar refractivity (Wildman–Crippen MR) is 69.5 cm³/mol. The van der Waals surface area contributed by atoms with Crippen LogP contribution in [-0.2, 0) is 4.79 Å². The largest absolute Gasteiger partial charge is 0.481 e. The van der Waals surface area contributed by atoms with Crippen molar-refractivity contribution in [3.63, 3.8) is 0 Å². The molecule has 5 nitrogen and oxygen atoms in total. The van der Waals surface area contributed by atoms with Crippen molar-refractivity contribution in [3.8, 4) is 0 Å². The van der Waals surface area contributed by atoms with E-state index < -0.39 is 5.97 Å². The van der Waals surface area contributed by atoms with Crippen LogP contribution in [0.5, 0.6) is 0 Å². The maximum absolute atomic E-state index is 12.6. The fourth-order valence-corrected chi connectivity index (χ4v) is 1.49. The number of rotatable bonds is 7. The van der Waals surface area contributed by atoms with E-state index in [1.54, 1.807) is 0 Å². The van der Waals surface area contributed by atoms with Gasteiger partial charge in [0.1, 0.15) is 5.82 Å². The number of hydrogen-bond acceptors (Lipinski definition) is 2. The summed E-state index contributed by atoms with van der Waals surface area (Å²) in [5.41, 5.74) is 0.518. The minimum atomic E-state index is -0.804. The summed E-state index contributed by atoms with van der Waals surface area (Å²) < 4.78 is 12.6. The van der Waals surface area contributed by atoms with Crippen molar-refractivity contribution in [2.45, 2.75) is 25.7 Å². The number of carbonyl (C=O) groups excluding carboxylic acids is 1. The maximum atomic E-state index is 12.6. The van der Waals surface area contributed by atoms with Crippen LogP contribution in [0.1, 0.15) is 25.7 Å². The van der Waals surface area contributed by atoms with Gasteiger partial charge in [0.15, 0.2) is 0 Å². The highest BCUT2D eigenvalue weighted by molar-refractivity contribution is 5.89. The van der Waals surface area contributed by atoms with Gasteiger partial charge in [0, 0.05) is 18.7 Å². The van der Waals surface area contributed by atoms with E-state index in [4.69, 9.17) is 5.11 Å². The van der Waals surface area contributed by atoms with Crippen LogP contribution in [0.3, 0.4) is 0 Å². The second-order valence-electron chi connectivity index (χ2n) is 4.09. The Hall–Kier alpha value is -2.11. The van der Waals surface area contributed by atoms with Gasteiger partial charge in [0.2, 0.25) is 0 Å². The van der Waals surface area contributed by atoms with Crippen LogP contribution in [0.4, 0.5) is 14.9 Å². The molecule has 104 valence electrons. The molecule has 0 aliphatic carbocycles. The maximum Gasteiger partial charge on any atom is 0.319 e. The van der Waals surface area contributed by atoms with E-state index in [-0.39, 0.29) is 18.3 Å². The number of benzene rings is 1. The molecule has 0 aliphatic rings.